The zero-order valence-electron chi connectivity index (χ0n) is 10.8. The van der Waals surface area contributed by atoms with Gasteiger partial charge in [0, 0.05) is 52.8 Å². The van der Waals surface area contributed by atoms with Crippen LogP contribution in [0.25, 0.3) is 0 Å². The number of pyridine rings is 1. The average molecular weight is 267 g/mol. The van der Waals surface area contributed by atoms with E-state index in [-0.39, 0.29) is 0 Å². The van der Waals surface area contributed by atoms with Gasteiger partial charge in [-0.15, -0.1) is 0 Å². The number of anilines is 2. The van der Waals surface area contributed by atoms with Crippen LogP contribution in [0.1, 0.15) is 26.2 Å². The van der Waals surface area contributed by atoms with Gasteiger partial charge in [-0.3, -0.25) is 4.21 Å². The monoisotopic (exact) mass is 267 g/mol. The number of hydrogen-bond donors (Lipinski definition) is 2. The largest absolute Gasteiger partial charge is 0.382 e. The Morgan fingerprint density at radius 1 is 1.44 bits per heavy atom. The van der Waals surface area contributed by atoms with Crippen LogP contribution in [-0.4, -0.2) is 33.3 Å². The van der Waals surface area contributed by atoms with Crippen molar-refractivity contribution in [3.05, 3.63) is 18.3 Å². The van der Waals surface area contributed by atoms with Crippen molar-refractivity contribution in [1.82, 2.24) is 4.98 Å². The van der Waals surface area contributed by atoms with Crippen LogP contribution in [0.2, 0.25) is 0 Å². The van der Waals surface area contributed by atoms with Gasteiger partial charge in [0.15, 0.2) is 0 Å². The van der Waals surface area contributed by atoms with Crippen molar-refractivity contribution in [2.45, 2.75) is 32.2 Å². The standard InChI is InChI=1S/C13H21N3OS/c1-2-6-14-13-10-12(3-7-15-13)16-11-4-8-18(17)9-5-11/h3,7,10-11H,2,4-6,8-9H2,1H3,(H2,14,15,16). The summed E-state index contributed by atoms with van der Waals surface area (Å²) >= 11 is 0. The van der Waals surface area contributed by atoms with E-state index < -0.39 is 10.8 Å². The highest BCUT2D eigenvalue weighted by atomic mass is 32.2. The molecular formula is C13H21N3OS. The lowest BCUT2D eigenvalue weighted by molar-refractivity contribution is 0.624. The number of nitrogens with zero attached hydrogens (tertiary/aromatic N) is 1. The maximum absolute atomic E-state index is 11.3. The molecule has 1 saturated heterocycles. The molecule has 4 nitrogen and oxygen atoms in total. The lowest BCUT2D eigenvalue weighted by atomic mass is 10.1. The van der Waals surface area contributed by atoms with Crippen molar-refractivity contribution in [2.24, 2.45) is 0 Å². The van der Waals surface area contributed by atoms with Crippen molar-refractivity contribution in [1.29, 1.82) is 0 Å². The van der Waals surface area contributed by atoms with Gasteiger partial charge in [-0.2, -0.15) is 0 Å². The highest BCUT2D eigenvalue weighted by Gasteiger charge is 2.17. The second kappa shape index (κ2) is 6.73. The van der Waals surface area contributed by atoms with Gasteiger partial charge in [0.25, 0.3) is 0 Å². The third-order valence-corrected chi connectivity index (χ3v) is 4.46. The molecule has 0 aromatic carbocycles. The van der Waals surface area contributed by atoms with Crippen LogP contribution in [0.4, 0.5) is 11.5 Å². The van der Waals surface area contributed by atoms with Crippen molar-refractivity contribution in [3.8, 4) is 0 Å². The van der Waals surface area contributed by atoms with Crippen molar-refractivity contribution >= 4 is 22.3 Å². The average Bonchev–Trinajstić information content (AvgIpc) is 2.40. The Morgan fingerprint density at radius 3 is 2.94 bits per heavy atom. The molecule has 0 bridgehead atoms. The van der Waals surface area contributed by atoms with Crippen LogP contribution >= 0.6 is 0 Å². The third-order valence-electron chi connectivity index (χ3n) is 3.07. The third kappa shape index (κ3) is 3.98. The molecule has 1 fully saturated rings. The van der Waals surface area contributed by atoms with Crippen LogP contribution in [-0.2, 0) is 10.8 Å². The molecule has 0 spiro atoms. The SMILES string of the molecule is CCCNc1cc(NC2CCS(=O)CC2)ccn1. The van der Waals surface area contributed by atoms with Crippen LogP contribution in [0, 0.1) is 0 Å². The summed E-state index contributed by atoms with van der Waals surface area (Å²) in [7, 11) is -0.592. The summed E-state index contributed by atoms with van der Waals surface area (Å²) in [6.07, 6.45) is 4.90. The molecule has 1 aliphatic rings. The second-order valence-corrected chi connectivity index (χ2v) is 6.32. The molecule has 2 heterocycles. The van der Waals surface area contributed by atoms with E-state index in [2.05, 4.69) is 22.5 Å². The van der Waals surface area contributed by atoms with E-state index in [9.17, 15) is 4.21 Å². The summed E-state index contributed by atoms with van der Waals surface area (Å²) < 4.78 is 11.3. The summed E-state index contributed by atoms with van der Waals surface area (Å²) in [6, 6.07) is 4.48. The Bertz CT molecular complexity index is 401. The zero-order chi connectivity index (χ0) is 12.8. The van der Waals surface area contributed by atoms with E-state index in [4.69, 9.17) is 0 Å². The van der Waals surface area contributed by atoms with E-state index >= 15 is 0 Å². The van der Waals surface area contributed by atoms with Gasteiger partial charge in [0.2, 0.25) is 0 Å². The lowest BCUT2D eigenvalue weighted by Gasteiger charge is -2.23. The molecule has 2 rings (SSSR count). The van der Waals surface area contributed by atoms with E-state index in [1.165, 1.54) is 0 Å². The second-order valence-electron chi connectivity index (χ2n) is 4.62. The molecule has 0 atom stereocenters. The minimum absolute atomic E-state index is 0.448. The minimum atomic E-state index is -0.592. The van der Waals surface area contributed by atoms with Crippen LogP contribution in [0.5, 0.6) is 0 Å². The first kappa shape index (κ1) is 13.3. The van der Waals surface area contributed by atoms with Gasteiger partial charge in [0.05, 0.1) is 0 Å². The molecule has 0 radical (unpaired) electrons. The molecule has 0 amide bonds. The fourth-order valence-electron chi connectivity index (χ4n) is 2.04. The number of rotatable bonds is 5. The minimum Gasteiger partial charge on any atom is -0.382 e. The van der Waals surface area contributed by atoms with Gasteiger partial charge >= 0.3 is 0 Å². The Labute approximate surface area is 111 Å². The summed E-state index contributed by atoms with van der Waals surface area (Å²) in [5.74, 6) is 2.56. The molecule has 1 aliphatic heterocycles. The first-order chi connectivity index (χ1) is 8.78. The van der Waals surface area contributed by atoms with Crippen molar-refractivity contribution < 1.29 is 4.21 Å². The Hall–Kier alpha value is -1.10. The van der Waals surface area contributed by atoms with Gasteiger partial charge in [0.1, 0.15) is 5.82 Å². The van der Waals surface area contributed by atoms with E-state index in [1.54, 1.807) is 0 Å². The van der Waals surface area contributed by atoms with E-state index in [0.29, 0.717) is 6.04 Å². The molecule has 0 aliphatic carbocycles. The van der Waals surface area contributed by atoms with Gasteiger partial charge in [-0.25, -0.2) is 4.98 Å². The Balaban J connectivity index is 1.90. The van der Waals surface area contributed by atoms with Gasteiger partial charge in [-0.1, -0.05) is 6.92 Å². The molecule has 100 valence electrons. The molecule has 2 N–H and O–H groups in total. The van der Waals surface area contributed by atoms with E-state index in [1.807, 2.05) is 18.3 Å². The highest BCUT2D eigenvalue weighted by Crippen LogP contribution is 2.18. The van der Waals surface area contributed by atoms with Crippen LogP contribution in [0.3, 0.4) is 0 Å². The Morgan fingerprint density at radius 2 is 2.22 bits per heavy atom. The Kier molecular flexibility index (Phi) is 4.99. The summed E-state index contributed by atoms with van der Waals surface area (Å²) in [6.45, 7) is 3.08. The molecular weight excluding hydrogens is 246 g/mol. The quantitative estimate of drug-likeness (QED) is 0.859. The van der Waals surface area contributed by atoms with Crippen molar-refractivity contribution in [2.75, 3.05) is 28.7 Å². The molecule has 1 aromatic heterocycles. The first-order valence-electron chi connectivity index (χ1n) is 6.59. The van der Waals surface area contributed by atoms with Crippen molar-refractivity contribution in [3.63, 3.8) is 0 Å². The highest BCUT2D eigenvalue weighted by molar-refractivity contribution is 7.85. The number of nitrogens with one attached hydrogen (secondary N) is 2. The zero-order valence-corrected chi connectivity index (χ0v) is 11.6. The predicted octanol–water partition coefficient (Wildman–Crippen LogP) is 2.23. The fraction of sp³-hybridized carbons (Fsp3) is 0.615. The maximum atomic E-state index is 11.3. The molecule has 5 heteroatoms. The number of hydrogen-bond acceptors (Lipinski definition) is 4. The fourth-order valence-corrected chi connectivity index (χ4v) is 3.34. The van der Waals surface area contributed by atoms with Crippen LogP contribution in [0.15, 0.2) is 18.3 Å². The van der Waals surface area contributed by atoms with Crippen LogP contribution < -0.4 is 10.6 Å². The van der Waals surface area contributed by atoms with Gasteiger partial charge in [-0.05, 0) is 25.3 Å². The van der Waals surface area contributed by atoms with E-state index in [0.717, 1.165) is 48.8 Å². The maximum Gasteiger partial charge on any atom is 0.127 e. The molecule has 0 saturated carbocycles. The molecule has 0 unspecified atom stereocenters. The summed E-state index contributed by atoms with van der Waals surface area (Å²) in [5, 5.41) is 6.78. The van der Waals surface area contributed by atoms with Gasteiger partial charge < -0.3 is 10.6 Å². The first-order valence-corrected chi connectivity index (χ1v) is 8.08. The smallest absolute Gasteiger partial charge is 0.127 e. The summed E-state index contributed by atoms with van der Waals surface area (Å²) in [4.78, 5) is 4.28. The molecule has 18 heavy (non-hydrogen) atoms. The molecule has 1 aromatic rings. The number of aromatic nitrogens is 1. The topological polar surface area (TPSA) is 54.0 Å². The lowest BCUT2D eigenvalue weighted by Crippen LogP contribution is -2.29. The normalized spacial score (nSPS) is 23.6. The summed E-state index contributed by atoms with van der Waals surface area (Å²) in [5.41, 5.74) is 1.10. The predicted molar refractivity (Wildman–Crippen MR) is 77.5 cm³/mol.